The number of rotatable bonds is 7. The summed E-state index contributed by atoms with van der Waals surface area (Å²) in [6, 6.07) is 5.74. The maximum absolute atomic E-state index is 13.5. The summed E-state index contributed by atoms with van der Waals surface area (Å²) in [6.45, 7) is 1.28. The molecule has 1 N–H and O–H groups in total. The van der Waals surface area contributed by atoms with Gasteiger partial charge in [0.05, 0.1) is 6.61 Å². The lowest BCUT2D eigenvalue weighted by Crippen LogP contribution is -2.43. The topological polar surface area (TPSA) is 41.6 Å². The average molecular weight is 322 g/mol. The van der Waals surface area contributed by atoms with Crippen molar-refractivity contribution in [2.24, 2.45) is 5.41 Å². The Hall–Kier alpha value is -1.46. The number of nitrogens with one attached hydrogen (secondary N) is 1. The molecule has 0 unspecified atom stereocenters. The first kappa shape index (κ1) is 17.9. The Labute approximate surface area is 138 Å². The molecule has 1 aromatic rings. The number of hydrogen-bond acceptors (Lipinski definition) is 3. The molecule has 2 rings (SSSR count). The molecule has 0 bridgehead atoms. The largest absolute Gasteiger partial charge is 0.384 e. The van der Waals surface area contributed by atoms with E-state index in [-0.39, 0.29) is 17.1 Å². The number of likely N-dealkylation sites (N-methyl/N-ethyl adjacent to an activating group) is 1. The smallest absolute Gasteiger partial charge is 0.241 e. The average Bonchev–Trinajstić information content (AvgIpc) is 2.94. The Morgan fingerprint density at radius 1 is 1.39 bits per heavy atom. The summed E-state index contributed by atoms with van der Waals surface area (Å²) in [5.74, 6) is -0.420. The number of halogens is 1. The Balaban J connectivity index is 2.07. The Bertz CT molecular complexity index is 528. The first-order chi connectivity index (χ1) is 11.0. The van der Waals surface area contributed by atoms with Crippen molar-refractivity contribution in [2.75, 3.05) is 34.4 Å². The van der Waals surface area contributed by atoms with E-state index in [0.29, 0.717) is 18.7 Å². The first-order valence-electron chi connectivity index (χ1n) is 8.16. The number of benzene rings is 1. The number of nitrogens with zero attached hydrogens (tertiary/aromatic N) is 1. The van der Waals surface area contributed by atoms with Crippen LogP contribution in [-0.2, 0) is 9.53 Å². The molecule has 0 aromatic heterocycles. The molecule has 1 saturated carbocycles. The van der Waals surface area contributed by atoms with Crippen LogP contribution in [0, 0.1) is 11.2 Å². The Kier molecular flexibility index (Phi) is 6.13. The zero-order chi connectivity index (χ0) is 16.9. The minimum atomic E-state index is -0.494. The van der Waals surface area contributed by atoms with E-state index in [1.807, 2.05) is 19.0 Å². The molecule has 23 heavy (non-hydrogen) atoms. The number of amides is 1. The molecule has 4 nitrogen and oxygen atoms in total. The van der Waals surface area contributed by atoms with Crippen molar-refractivity contribution in [3.05, 3.63) is 35.6 Å². The second-order valence-electron chi connectivity index (χ2n) is 6.78. The molecule has 0 heterocycles. The zero-order valence-electron chi connectivity index (χ0n) is 14.3. The molecule has 5 heteroatoms. The predicted octanol–water partition coefficient (Wildman–Crippen LogP) is 2.75. The summed E-state index contributed by atoms with van der Waals surface area (Å²) in [4.78, 5) is 14.5. The Morgan fingerprint density at radius 3 is 2.65 bits per heavy atom. The van der Waals surface area contributed by atoms with Crippen LogP contribution >= 0.6 is 0 Å². The molecule has 0 saturated heterocycles. The van der Waals surface area contributed by atoms with Crippen molar-refractivity contribution in [2.45, 2.75) is 31.7 Å². The van der Waals surface area contributed by atoms with E-state index < -0.39 is 6.04 Å². The highest BCUT2D eigenvalue weighted by Gasteiger charge is 2.35. The second-order valence-corrected chi connectivity index (χ2v) is 6.78. The van der Waals surface area contributed by atoms with E-state index >= 15 is 0 Å². The van der Waals surface area contributed by atoms with Gasteiger partial charge in [0.1, 0.15) is 11.9 Å². The van der Waals surface area contributed by atoms with Gasteiger partial charge in [0.15, 0.2) is 0 Å². The standard InChI is InChI=1S/C18H27FN2O2/c1-21(2)16(14-7-6-8-15(19)11-14)17(22)20-12-18(13-23-3)9-4-5-10-18/h6-8,11,16H,4-5,9-10,12-13H2,1-3H3,(H,20,22)/t16-/m0/s1. The van der Waals surface area contributed by atoms with Crippen LogP contribution in [-0.4, -0.2) is 45.2 Å². The molecular formula is C18H27FN2O2. The van der Waals surface area contributed by atoms with Crippen molar-refractivity contribution in [1.29, 1.82) is 0 Å². The van der Waals surface area contributed by atoms with Gasteiger partial charge in [-0.1, -0.05) is 25.0 Å². The molecule has 128 valence electrons. The summed E-state index contributed by atoms with van der Waals surface area (Å²) in [6.07, 6.45) is 4.52. The third kappa shape index (κ3) is 4.52. The third-order valence-corrected chi connectivity index (χ3v) is 4.68. The lowest BCUT2D eigenvalue weighted by molar-refractivity contribution is -0.126. The summed E-state index contributed by atoms with van der Waals surface area (Å²) in [5, 5.41) is 3.07. The van der Waals surface area contributed by atoms with Crippen LogP contribution in [0.25, 0.3) is 0 Å². The summed E-state index contributed by atoms with van der Waals surface area (Å²) in [5.41, 5.74) is 0.711. The summed E-state index contributed by atoms with van der Waals surface area (Å²) in [7, 11) is 5.36. The minimum Gasteiger partial charge on any atom is -0.384 e. The number of hydrogen-bond donors (Lipinski definition) is 1. The van der Waals surface area contributed by atoms with Crippen LogP contribution in [0.15, 0.2) is 24.3 Å². The van der Waals surface area contributed by atoms with Gasteiger partial charge >= 0.3 is 0 Å². The highest BCUT2D eigenvalue weighted by Crippen LogP contribution is 2.37. The lowest BCUT2D eigenvalue weighted by Gasteiger charge is -2.30. The van der Waals surface area contributed by atoms with Crippen LogP contribution < -0.4 is 5.32 Å². The maximum atomic E-state index is 13.5. The SMILES string of the molecule is COCC1(CNC(=O)[C@H](c2cccc(F)c2)N(C)C)CCCC1. The van der Waals surface area contributed by atoms with E-state index in [4.69, 9.17) is 4.74 Å². The van der Waals surface area contributed by atoms with Crippen molar-refractivity contribution in [3.63, 3.8) is 0 Å². The van der Waals surface area contributed by atoms with Gasteiger partial charge in [0.2, 0.25) is 5.91 Å². The normalized spacial score (nSPS) is 18.1. The molecule has 1 aliphatic carbocycles. The van der Waals surface area contributed by atoms with Crippen molar-refractivity contribution in [1.82, 2.24) is 10.2 Å². The van der Waals surface area contributed by atoms with E-state index in [1.165, 1.54) is 25.0 Å². The van der Waals surface area contributed by atoms with Gasteiger partial charge in [0, 0.05) is 19.1 Å². The van der Waals surface area contributed by atoms with Crippen LogP contribution in [0.3, 0.4) is 0 Å². The number of carbonyl (C=O) groups excluding carboxylic acids is 1. The maximum Gasteiger partial charge on any atom is 0.241 e. The minimum absolute atomic E-state index is 0.0449. The van der Waals surface area contributed by atoms with Crippen molar-refractivity contribution in [3.8, 4) is 0 Å². The van der Waals surface area contributed by atoms with Gasteiger partial charge in [-0.05, 0) is 44.6 Å². The molecule has 1 aromatic carbocycles. The number of ether oxygens (including phenoxy) is 1. The van der Waals surface area contributed by atoms with Gasteiger partial charge in [-0.25, -0.2) is 4.39 Å². The van der Waals surface area contributed by atoms with Crippen LogP contribution in [0.1, 0.15) is 37.3 Å². The van der Waals surface area contributed by atoms with Crippen molar-refractivity contribution < 1.29 is 13.9 Å². The molecule has 0 aliphatic heterocycles. The zero-order valence-corrected chi connectivity index (χ0v) is 14.3. The molecule has 1 atom stereocenters. The van der Waals surface area contributed by atoms with E-state index in [0.717, 1.165) is 12.8 Å². The van der Waals surface area contributed by atoms with Gasteiger partial charge in [-0.15, -0.1) is 0 Å². The van der Waals surface area contributed by atoms with Gasteiger partial charge in [-0.3, -0.25) is 9.69 Å². The second kappa shape index (κ2) is 7.88. The van der Waals surface area contributed by atoms with Crippen LogP contribution in [0.4, 0.5) is 4.39 Å². The fourth-order valence-electron chi connectivity index (χ4n) is 3.54. The first-order valence-corrected chi connectivity index (χ1v) is 8.16. The van der Waals surface area contributed by atoms with Crippen LogP contribution in [0.2, 0.25) is 0 Å². The van der Waals surface area contributed by atoms with Crippen molar-refractivity contribution >= 4 is 5.91 Å². The molecule has 0 radical (unpaired) electrons. The molecule has 1 fully saturated rings. The van der Waals surface area contributed by atoms with Crippen LogP contribution in [0.5, 0.6) is 0 Å². The fraction of sp³-hybridized carbons (Fsp3) is 0.611. The Morgan fingerprint density at radius 2 is 2.09 bits per heavy atom. The molecule has 0 spiro atoms. The number of carbonyl (C=O) groups is 1. The monoisotopic (exact) mass is 322 g/mol. The highest BCUT2D eigenvalue weighted by molar-refractivity contribution is 5.83. The molecule has 1 aliphatic rings. The van der Waals surface area contributed by atoms with Gasteiger partial charge in [-0.2, -0.15) is 0 Å². The van der Waals surface area contributed by atoms with E-state index in [2.05, 4.69) is 5.32 Å². The predicted molar refractivity (Wildman–Crippen MR) is 88.6 cm³/mol. The number of methoxy groups -OCH3 is 1. The molecule has 1 amide bonds. The van der Waals surface area contributed by atoms with Gasteiger partial charge in [0.25, 0.3) is 0 Å². The van der Waals surface area contributed by atoms with Gasteiger partial charge < -0.3 is 10.1 Å². The quantitative estimate of drug-likeness (QED) is 0.839. The summed E-state index contributed by atoms with van der Waals surface area (Å²) < 4.78 is 18.8. The fourth-order valence-corrected chi connectivity index (χ4v) is 3.54. The lowest BCUT2D eigenvalue weighted by atomic mass is 9.87. The summed E-state index contributed by atoms with van der Waals surface area (Å²) >= 11 is 0. The third-order valence-electron chi connectivity index (χ3n) is 4.68. The molecular weight excluding hydrogens is 295 g/mol. The van der Waals surface area contributed by atoms with E-state index in [9.17, 15) is 9.18 Å². The van der Waals surface area contributed by atoms with E-state index in [1.54, 1.807) is 19.2 Å². The highest BCUT2D eigenvalue weighted by atomic mass is 19.1.